The van der Waals surface area contributed by atoms with Crippen molar-refractivity contribution in [3.8, 4) is 0 Å². The van der Waals surface area contributed by atoms with E-state index < -0.39 is 4.92 Å². The number of amides is 2. The molecule has 1 aromatic carbocycles. The van der Waals surface area contributed by atoms with Crippen LogP contribution >= 0.6 is 0 Å². The molecule has 8 heteroatoms. The van der Waals surface area contributed by atoms with Gasteiger partial charge in [0.1, 0.15) is 5.69 Å². The van der Waals surface area contributed by atoms with Crippen molar-refractivity contribution in [2.45, 2.75) is 6.54 Å². The number of hydrogen-bond donors (Lipinski definition) is 3. The van der Waals surface area contributed by atoms with Gasteiger partial charge in [-0.1, -0.05) is 18.2 Å². The minimum Gasteiger partial charge on any atom is -0.378 e. The van der Waals surface area contributed by atoms with Crippen molar-refractivity contribution in [1.82, 2.24) is 15.6 Å². The molecule has 2 amide bonds. The van der Waals surface area contributed by atoms with Crippen LogP contribution in [0.1, 0.15) is 5.56 Å². The molecule has 0 bridgehead atoms. The van der Waals surface area contributed by atoms with Gasteiger partial charge in [0.15, 0.2) is 0 Å². The highest BCUT2D eigenvalue weighted by molar-refractivity contribution is 5.73. The molecule has 0 atom stereocenters. The van der Waals surface area contributed by atoms with Crippen LogP contribution in [0, 0.1) is 10.1 Å². The van der Waals surface area contributed by atoms with E-state index in [4.69, 9.17) is 0 Å². The molecule has 8 nitrogen and oxygen atoms in total. The molecule has 0 fully saturated rings. The zero-order valence-electron chi connectivity index (χ0n) is 12.4. The average Bonchev–Trinajstić information content (AvgIpc) is 2.58. The summed E-state index contributed by atoms with van der Waals surface area (Å²) in [6.45, 7) is 1.10. The fourth-order valence-corrected chi connectivity index (χ4v) is 1.90. The number of nitrogens with one attached hydrogen (secondary N) is 3. The number of hydrogen-bond acceptors (Lipinski definition) is 5. The molecule has 23 heavy (non-hydrogen) atoms. The number of rotatable bonds is 7. The highest BCUT2D eigenvalue weighted by atomic mass is 16.6. The van der Waals surface area contributed by atoms with Crippen molar-refractivity contribution in [2.75, 3.05) is 18.4 Å². The van der Waals surface area contributed by atoms with Crippen molar-refractivity contribution >= 4 is 17.4 Å². The van der Waals surface area contributed by atoms with Crippen LogP contribution in [0.15, 0.2) is 48.8 Å². The number of carbonyl (C=O) groups is 1. The molecule has 2 rings (SSSR count). The zero-order valence-corrected chi connectivity index (χ0v) is 12.4. The van der Waals surface area contributed by atoms with Gasteiger partial charge in [0.05, 0.1) is 4.92 Å². The average molecular weight is 315 g/mol. The monoisotopic (exact) mass is 315 g/mol. The summed E-state index contributed by atoms with van der Waals surface area (Å²) in [5, 5.41) is 19.2. The summed E-state index contributed by atoms with van der Waals surface area (Å²) in [7, 11) is 0. The number of urea groups is 1. The predicted octanol–water partition coefficient (Wildman–Crippen LogP) is 1.90. The summed E-state index contributed by atoms with van der Waals surface area (Å²) >= 11 is 0. The number of aromatic nitrogens is 1. The maximum Gasteiger partial charge on any atom is 0.315 e. The van der Waals surface area contributed by atoms with Crippen LogP contribution in [-0.2, 0) is 6.54 Å². The maximum atomic E-state index is 11.6. The van der Waals surface area contributed by atoms with E-state index in [-0.39, 0.29) is 11.7 Å². The lowest BCUT2D eigenvalue weighted by Gasteiger charge is -2.09. The third-order valence-electron chi connectivity index (χ3n) is 3.00. The zero-order chi connectivity index (χ0) is 16.5. The first-order valence-corrected chi connectivity index (χ1v) is 7.04. The molecule has 0 saturated heterocycles. The van der Waals surface area contributed by atoms with Crippen LogP contribution in [-0.4, -0.2) is 29.0 Å². The van der Waals surface area contributed by atoms with Crippen molar-refractivity contribution in [3.63, 3.8) is 0 Å². The Balaban J connectivity index is 1.69. The minimum atomic E-state index is -0.448. The Labute approximate surface area is 133 Å². The first kappa shape index (κ1) is 16.2. The van der Waals surface area contributed by atoms with Gasteiger partial charge in [-0.2, -0.15) is 0 Å². The van der Waals surface area contributed by atoms with E-state index in [9.17, 15) is 14.9 Å². The highest BCUT2D eigenvalue weighted by Gasteiger charge is 2.11. The third-order valence-corrected chi connectivity index (χ3v) is 3.00. The van der Waals surface area contributed by atoms with Gasteiger partial charge >= 0.3 is 6.03 Å². The number of anilines is 1. The largest absolute Gasteiger partial charge is 0.378 e. The van der Waals surface area contributed by atoms with Crippen LogP contribution in [0.4, 0.5) is 16.2 Å². The third kappa shape index (κ3) is 5.27. The topological polar surface area (TPSA) is 109 Å². The van der Waals surface area contributed by atoms with Gasteiger partial charge in [-0.3, -0.25) is 15.1 Å². The van der Waals surface area contributed by atoms with Crippen LogP contribution < -0.4 is 16.0 Å². The molecule has 0 aliphatic rings. The molecule has 120 valence electrons. The number of para-hydroxylation sites is 2. The second kappa shape index (κ2) is 8.32. The SMILES string of the molecule is O=C(NCCNc1ccccc1[N+](=O)[O-])NCc1cccnc1. The second-order valence-electron chi connectivity index (χ2n) is 4.67. The molecule has 0 saturated carbocycles. The first-order chi connectivity index (χ1) is 11.2. The minimum absolute atomic E-state index is 0.00790. The van der Waals surface area contributed by atoms with E-state index >= 15 is 0 Å². The Morgan fingerprint density at radius 1 is 1.13 bits per heavy atom. The molecule has 1 aromatic heterocycles. The van der Waals surface area contributed by atoms with Crippen molar-refractivity contribution in [1.29, 1.82) is 0 Å². The van der Waals surface area contributed by atoms with Crippen molar-refractivity contribution in [3.05, 3.63) is 64.5 Å². The van der Waals surface area contributed by atoms with Gasteiger partial charge in [0.25, 0.3) is 5.69 Å². The van der Waals surface area contributed by atoms with E-state index in [2.05, 4.69) is 20.9 Å². The van der Waals surface area contributed by atoms with Crippen LogP contribution in [0.2, 0.25) is 0 Å². The van der Waals surface area contributed by atoms with Gasteiger partial charge in [-0.25, -0.2) is 4.79 Å². The van der Waals surface area contributed by atoms with Crippen LogP contribution in [0.25, 0.3) is 0 Å². The Bertz CT molecular complexity index is 663. The van der Waals surface area contributed by atoms with E-state index in [0.717, 1.165) is 5.56 Å². The second-order valence-corrected chi connectivity index (χ2v) is 4.67. The van der Waals surface area contributed by atoms with Crippen LogP contribution in [0.5, 0.6) is 0 Å². The van der Waals surface area contributed by atoms with E-state index in [1.165, 1.54) is 6.07 Å². The van der Waals surface area contributed by atoms with E-state index in [1.807, 2.05) is 6.07 Å². The molecule has 0 radical (unpaired) electrons. The molecule has 3 N–H and O–H groups in total. The molecule has 0 unspecified atom stereocenters. The smallest absolute Gasteiger partial charge is 0.315 e. The fraction of sp³-hybridized carbons (Fsp3) is 0.200. The lowest BCUT2D eigenvalue weighted by molar-refractivity contribution is -0.384. The standard InChI is InChI=1S/C15H17N5O3/c21-15(19-11-12-4-3-7-16-10-12)18-9-8-17-13-5-1-2-6-14(13)20(22)23/h1-7,10,17H,8-9,11H2,(H2,18,19,21). The van der Waals surface area contributed by atoms with Gasteiger partial charge in [0.2, 0.25) is 0 Å². The van der Waals surface area contributed by atoms with E-state index in [0.29, 0.717) is 25.3 Å². The Morgan fingerprint density at radius 2 is 1.96 bits per heavy atom. The molecule has 1 heterocycles. The number of nitro groups is 1. The summed E-state index contributed by atoms with van der Waals surface area (Å²) in [6.07, 6.45) is 3.34. The van der Waals surface area contributed by atoms with E-state index in [1.54, 1.807) is 36.7 Å². The lowest BCUT2D eigenvalue weighted by Crippen LogP contribution is -2.37. The van der Waals surface area contributed by atoms with Gasteiger partial charge in [-0.15, -0.1) is 0 Å². The van der Waals surface area contributed by atoms with Crippen LogP contribution in [0.3, 0.4) is 0 Å². The Kier molecular flexibility index (Phi) is 5.87. The van der Waals surface area contributed by atoms with Gasteiger partial charge in [-0.05, 0) is 17.7 Å². The number of nitro benzene ring substituents is 1. The van der Waals surface area contributed by atoms with Crippen molar-refractivity contribution < 1.29 is 9.72 Å². The summed E-state index contributed by atoms with van der Waals surface area (Å²) < 4.78 is 0. The molecule has 0 spiro atoms. The number of benzene rings is 1. The summed E-state index contributed by atoms with van der Waals surface area (Å²) in [4.78, 5) is 26.0. The highest BCUT2D eigenvalue weighted by Crippen LogP contribution is 2.22. The summed E-state index contributed by atoms with van der Waals surface area (Å²) in [5.41, 5.74) is 1.34. The fourth-order valence-electron chi connectivity index (χ4n) is 1.90. The normalized spacial score (nSPS) is 9.91. The number of pyridine rings is 1. The molecule has 0 aliphatic heterocycles. The number of carbonyl (C=O) groups excluding carboxylic acids is 1. The summed E-state index contributed by atoms with van der Waals surface area (Å²) in [5.74, 6) is 0. The Hall–Kier alpha value is -3.16. The van der Waals surface area contributed by atoms with Gasteiger partial charge < -0.3 is 16.0 Å². The summed E-state index contributed by atoms with van der Waals surface area (Å²) in [6, 6.07) is 9.72. The quantitative estimate of drug-likeness (QED) is 0.411. The molecular formula is C15H17N5O3. The molecule has 2 aromatic rings. The lowest BCUT2D eigenvalue weighted by atomic mass is 10.2. The molecule has 0 aliphatic carbocycles. The first-order valence-electron chi connectivity index (χ1n) is 7.04. The van der Waals surface area contributed by atoms with Crippen molar-refractivity contribution in [2.24, 2.45) is 0 Å². The Morgan fingerprint density at radius 3 is 2.70 bits per heavy atom. The predicted molar refractivity (Wildman–Crippen MR) is 86.1 cm³/mol. The number of nitrogens with zero attached hydrogens (tertiary/aromatic N) is 2. The maximum absolute atomic E-state index is 11.6. The van der Waals surface area contributed by atoms with Gasteiger partial charge in [0, 0.05) is 38.1 Å². The molecular weight excluding hydrogens is 298 g/mol.